The molecule has 116 valence electrons. The van der Waals surface area contributed by atoms with Crippen molar-refractivity contribution in [2.45, 2.75) is 31.8 Å². The number of hydrogen-bond acceptors (Lipinski definition) is 4. The normalized spacial score (nSPS) is 19.2. The molecule has 22 heavy (non-hydrogen) atoms. The Kier molecular flexibility index (Phi) is 4.45. The maximum atomic E-state index is 11.5. The summed E-state index contributed by atoms with van der Waals surface area (Å²) in [6, 6.07) is 7.18. The second kappa shape index (κ2) is 6.50. The number of halogens is 1. The van der Waals surface area contributed by atoms with Crippen molar-refractivity contribution in [3.63, 3.8) is 0 Å². The molecule has 0 radical (unpaired) electrons. The van der Waals surface area contributed by atoms with Crippen LogP contribution in [0.15, 0.2) is 34.9 Å². The van der Waals surface area contributed by atoms with E-state index < -0.39 is 0 Å². The minimum absolute atomic E-state index is 0.223. The lowest BCUT2D eigenvalue weighted by Crippen LogP contribution is -2.47. The molecule has 1 aromatic carbocycles. The average Bonchev–Trinajstić information content (AvgIpc) is 2.97. The zero-order chi connectivity index (χ0) is 15.5. The predicted molar refractivity (Wildman–Crippen MR) is 84.2 cm³/mol. The minimum Gasteiger partial charge on any atom is -0.439 e. The van der Waals surface area contributed by atoms with Gasteiger partial charge in [-0.05, 0) is 43.7 Å². The minimum atomic E-state index is -0.274. The quantitative estimate of drug-likeness (QED) is 0.940. The Bertz CT molecular complexity index is 654. The van der Waals surface area contributed by atoms with Crippen molar-refractivity contribution in [1.82, 2.24) is 9.88 Å². The van der Waals surface area contributed by atoms with Crippen molar-refractivity contribution in [2.75, 3.05) is 6.54 Å². The zero-order valence-corrected chi connectivity index (χ0v) is 12.9. The van der Waals surface area contributed by atoms with E-state index in [0.717, 1.165) is 31.4 Å². The Morgan fingerprint density at radius 3 is 2.86 bits per heavy atom. The van der Waals surface area contributed by atoms with Gasteiger partial charge < -0.3 is 10.2 Å². The standard InChI is InChI=1S/C16H18ClN3O2/c17-12-6-4-11(5-7-12)14-9-19-15(22-14)10-20-8-2-1-3-13(20)16(18)21/h4-7,9,13H,1-3,8,10H2,(H2,18,21)/t13-/m0/s1. The number of rotatable bonds is 4. The van der Waals surface area contributed by atoms with Crippen molar-refractivity contribution in [3.8, 4) is 11.3 Å². The molecule has 0 spiro atoms. The summed E-state index contributed by atoms with van der Waals surface area (Å²) in [5.41, 5.74) is 6.40. The molecule has 1 aromatic heterocycles. The van der Waals surface area contributed by atoms with Crippen LogP contribution in [0.2, 0.25) is 5.02 Å². The number of benzene rings is 1. The highest BCUT2D eigenvalue weighted by molar-refractivity contribution is 6.30. The summed E-state index contributed by atoms with van der Waals surface area (Å²) < 4.78 is 5.79. The average molecular weight is 320 g/mol. The Labute approximate surface area is 134 Å². The first-order valence-electron chi connectivity index (χ1n) is 7.37. The fourth-order valence-electron chi connectivity index (χ4n) is 2.81. The highest BCUT2D eigenvalue weighted by Gasteiger charge is 2.27. The fourth-order valence-corrected chi connectivity index (χ4v) is 2.93. The van der Waals surface area contributed by atoms with E-state index in [2.05, 4.69) is 4.98 Å². The number of nitrogens with two attached hydrogens (primary N) is 1. The molecule has 1 saturated heterocycles. The lowest BCUT2D eigenvalue weighted by atomic mass is 10.0. The van der Waals surface area contributed by atoms with Gasteiger partial charge in [-0.3, -0.25) is 9.69 Å². The Morgan fingerprint density at radius 2 is 2.14 bits per heavy atom. The number of nitrogens with zero attached hydrogens (tertiary/aromatic N) is 2. The second-order valence-electron chi connectivity index (χ2n) is 5.51. The first kappa shape index (κ1) is 15.1. The lowest BCUT2D eigenvalue weighted by molar-refractivity contribution is -0.124. The molecule has 2 aromatic rings. The first-order valence-corrected chi connectivity index (χ1v) is 7.75. The highest BCUT2D eigenvalue weighted by atomic mass is 35.5. The summed E-state index contributed by atoms with van der Waals surface area (Å²) in [5.74, 6) is 1.02. The number of piperidine rings is 1. The maximum absolute atomic E-state index is 11.5. The van der Waals surface area contributed by atoms with Crippen molar-refractivity contribution >= 4 is 17.5 Å². The molecule has 6 heteroatoms. The van der Waals surface area contributed by atoms with Gasteiger partial charge in [0, 0.05) is 10.6 Å². The van der Waals surface area contributed by atoms with Crippen molar-refractivity contribution in [1.29, 1.82) is 0 Å². The third-order valence-electron chi connectivity index (χ3n) is 3.96. The molecule has 0 aliphatic carbocycles. The number of likely N-dealkylation sites (tertiary alicyclic amines) is 1. The molecule has 3 rings (SSSR count). The molecule has 2 N–H and O–H groups in total. The third-order valence-corrected chi connectivity index (χ3v) is 4.21. The molecule has 1 amide bonds. The molecule has 1 aliphatic heterocycles. The molecule has 1 fully saturated rings. The zero-order valence-electron chi connectivity index (χ0n) is 12.2. The van der Waals surface area contributed by atoms with Crippen LogP contribution < -0.4 is 5.73 Å². The molecule has 5 nitrogen and oxygen atoms in total. The van der Waals surface area contributed by atoms with Gasteiger partial charge >= 0.3 is 0 Å². The summed E-state index contributed by atoms with van der Waals surface area (Å²) in [6.07, 6.45) is 4.60. The lowest BCUT2D eigenvalue weighted by Gasteiger charge is -2.32. The number of carbonyl (C=O) groups is 1. The van der Waals surface area contributed by atoms with Gasteiger partial charge in [0.1, 0.15) is 0 Å². The fraction of sp³-hybridized carbons (Fsp3) is 0.375. The smallest absolute Gasteiger partial charge is 0.234 e. The number of hydrogen-bond donors (Lipinski definition) is 1. The van der Waals surface area contributed by atoms with Crippen LogP contribution >= 0.6 is 11.6 Å². The van der Waals surface area contributed by atoms with Gasteiger partial charge in [0.05, 0.1) is 18.8 Å². The SMILES string of the molecule is NC(=O)[C@@H]1CCCCN1Cc1ncc(-c2ccc(Cl)cc2)o1. The van der Waals surface area contributed by atoms with Crippen molar-refractivity contribution in [2.24, 2.45) is 5.73 Å². The van der Waals surface area contributed by atoms with E-state index >= 15 is 0 Å². The number of amides is 1. The van der Waals surface area contributed by atoms with E-state index in [0.29, 0.717) is 23.2 Å². The van der Waals surface area contributed by atoms with Crippen LogP contribution in [0.4, 0.5) is 0 Å². The predicted octanol–water partition coefficient (Wildman–Crippen LogP) is 2.83. The summed E-state index contributed by atoms with van der Waals surface area (Å²) >= 11 is 5.88. The topological polar surface area (TPSA) is 72.4 Å². The van der Waals surface area contributed by atoms with Crippen LogP contribution in [0.5, 0.6) is 0 Å². The Hall–Kier alpha value is -1.85. The largest absolute Gasteiger partial charge is 0.439 e. The van der Waals surface area contributed by atoms with E-state index in [1.807, 2.05) is 29.2 Å². The van der Waals surface area contributed by atoms with E-state index in [9.17, 15) is 4.79 Å². The number of primary amides is 1. The Morgan fingerprint density at radius 1 is 1.36 bits per heavy atom. The second-order valence-corrected chi connectivity index (χ2v) is 5.95. The monoisotopic (exact) mass is 319 g/mol. The van der Waals surface area contributed by atoms with E-state index in [-0.39, 0.29) is 11.9 Å². The summed E-state index contributed by atoms with van der Waals surface area (Å²) in [4.78, 5) is 17.9. The number of carbonyl (C=O) groups excluding carboxylic acids is 1. The third kappa shape index (κ3) is 3.31. The van der Waals surface area contributed by atoms with Gasteiger partial charge in [-0.1, -0.05) is 18.0 Å². The number of oxazole rings is 1. The molecular formula is C16H18ClN3O2. The van der Waals surface area contributed by atoms with Gasteiger partial charge in [-0.25, -0.2) is 4.98 Å². The highest BCUT2D eigenvalue weighted by Crippen LogP contribution is 2.24. The maximum Gasteiger partial charge on any atom is 0.234 e. The molecule has 0 bridgehead atoms. The molecule has 1 atom stereocenters. The molecule has 2 heterocycles. The van der Waals surface area contributed by atoms with Crippen LogP contribution in [0.25, 0.3) is 11.3 Å². The van der Waals surface area contributed by atoms with Crippen LogP contribution in [0.1, 0.15) is 25.2 Å². The van der Waals surface area contributed by atoms with Gasteiger partial charge in [-0.2, -0.15) is 0 Å². The first-order chi connectivity index (χ1) is 10.6. The van der Waals surface area contributed by atoms with Gasteiger partial charge in [0.25, 0.3) is 0 Å². The van der Waals surface area contributed by atoms with Crippen LogP contribution in [0, 0.1) is 0 Å². The molecule has 0 saturated carbocycles. The van der Waals surface area contributed by atoms with E-state index in [1.165, 1.54) is 0 Å². The van der Waals surface area contributed by atoms with Gasteiger partial charge in [0.2, 0.25) is 11.8 Å². The van der Waals surface area contributed by atoms with Crippen molar-refractivity contribution in [3.05, 3.63) is 41.4 Å². The van der Waals surface area contributed by atoms with Gasteiger partial charge in [0.15, 0.2) is 5.76 Å². The van der Waals surface area contributed by atoms with Gasteiger partial charge in [-0.15, -0.1) is 0 Å². The number of aromatic nitrogens is 1. The summed E-state index contributed by atoms with van der Waals surface area (Å²) in [7, 11) is 0. The summed E-state index contributed by atoms with van der Waals surface area (Å²) in [5, 5.41) is 0.682. The molecule has 1 aliphatic rings. The van der Waals surface area contributed by atoms with Crippen molar-refractivity contribution < 1.29 is 9.21 Å². The molecule has 0 unspecified atom stereocenters. The van der Waals surface area contributed by atoms with Crippen LogP contribution in [0.3, 0.4) is 0 Å². The van der Waals surface area contributed by atoms with Crippen LogP contribution in [-0.4, -0.2) is 28.4 Å². The van der Waals surface area contributed by atoms with E-state index in [1.54, 1.807) is 6.20 Å². The van der Waals surface area contributed by atoms with E-state index in [4.69, 9.17) is 21.8 Å². The summed E-state index contributed by atoms with van der Waals surface area (Å²) in [6.45, 7) is 1.34. The van der Waals surface area contributed by atoms with Crippen LogP contribution in [-0.2, 0) is 11.3 Å². The molecular weight excluding hydrogens is 302 g/mol. The Balaban J connectivity index is 1.73.